The second-order valence-electron chi connectivity index (χ2n) is 5.66. The molecule has 2 rings (SSSR count). The number of nitrogens with zero attached hydrogens (tertiary/aromatic N) is 1. The summed E-state index contributed by atoms with van der Waals surface area (Å²) in [7, 11) is -3.00. The molecule has 0 radical (unpaired) electrons. The van der Waals surface area contributed by atoms with Gasteiger partial charge in [0.1, 0.15) is 0 Å². The van der Waals surface area contributed by atoms with Crippen LogP contribution >= 0.6 is 11.3 Å². The minimum atomic E-state index is -3.00. The Morgan fingerprint density at radius 3 is 2.86 bits per heavy atom. The Bertz CT molecular complexity index is 567. The SMILES string of the molecule is CC(C)N(Cc1cccs1)C(=O)CC1CS(=O)(=O)CCN1. The number of thiophene rings is 1. The van der Waals surface area contributed by atoms with Crippen molar-refractivity contribution in [2.75, 3.05) is 18.1 Å². The molecule has 1 aliphatic heterocycles. The lowest BCUT2D eigenvalue weighted by molar-refractivity contribution is -0.133. The number of carbonyl (C=O) groups excluding carboxylic acids is 1. The van der Waals surface area contributed by atoms with E-state index < -0.39 is 9.84 Å². The smallest absolute Gasteiger partial charge is 0.224 e. The predicted octanol–water partition coefficient (Wildman–Crippen LogP) is 1.26. The summed E-state index contributed by atoms with van der Waals surface area (Å²) < 4.78 is 23.3. The number of hydrogen-bond acceptors (Lipinski definition) is 5. The highest BCUT2D eigenvalue weighted by Crippen LogP contribution is 2.16. The summed E-state index contributed by atoms with van der Waals surface area (Å²) >= 11 is 1.63. The average Bonchev–Trinajstić information content (AvgIpc) is 2.87. The van der Waals surface area contributed by atoms with Crippen LogP contribution in [0.15, 0.2) is 17.5 Å². The number of nitrogens with one attached hydrogen (secondary N) is 1. The van der Waals surface area contributed by atoms with Crippen LogP contribution in [0.3, 0.4) is 0 Å². The molecule has 0 aromatic carbocycles. The summed E-state index contributed by atoms with van der Waals surface area (Å²) in [6.07, 6.45) is 0.239. The first-order valence-corrected chi connectivity index (χ1v) is 9.83. The normalized spacial score (nSPS) is 21.4. The lowest BCUT2D eigenvalue weighted by atomic mass is 10.2. The standard InChI is InChI=1S/C14H22N2O3S2/c1-11(2)16(9-13-4-3-6-20-13)14(17)8-12-10-21(18,19)7-5-15-12/h3-4,6,11-12,15H,5,7-10H2,1-2H3. The first kappa shape index (κ1) is 16.5. The number of amides is 1. The van der Waals surface area contributed by atoms with Gasteiger partial charge in [0.05, 0.1) is 18.1 Å². The zero-order chi connectivity index (χ0) is 15.5. The van der Waals surface area contributed by atoms with Gasteiger partial charge in [-0.15, -0.1) is 11.3 Å². The van der Waals surface area contributed by atoms with Crippen molar-refractivity contribution >= 4 is 27.1 Å². The maximum atomic E-state index is 12.5. The minimum Gasteiger partial charge on any atom is -0.335 e. The Morgan fingerprint density at radius 1 is 1.52 bits per heavy atom. The molecule has 1 saturated heterocycles. The highest BCUT2D eigenvalue weighted by molar-refractivity contribution is 7.91. The van der Waals surface area contributed by atoms with Crippen LogP contribution in [0, 0.1) is 0 Å². The van der Waals surface area contributed by atoms with Crippen molar-refractivity contribution in [2.45, 2.75) is 38.9 Å². The van der Waals surface area contributed by atoms with Crippen molar-refractivity contribution < 1.29 is 13.2 Å². The van der Waals surface area contributed by atoms with Gasteiger partial charge in [0.25, 0.3) is 0 Å². The van der Waals surface area contributed by atoms with Crippen LogP contribution in [-0.2, 0) is 21.2 Å². The van der Waals surface area contributed by atoms with Gasteiger partial charge in [-0.3, -0.25) is 4.79 Å². The van der Waals surface area contributed by atoms with Crippen LogP contribution in [0.2, 0.25) is 0 Å². The highest BCUT2D eigenvalue weighted by atomic mass is 32.2. The molecule has 0 saturated carbocycles. The first-order chi connectivity index (χ1) is 9.87. The lowest BCUT2D eigenvalue weighted by Gasteiger charge is -2.30. The van der Waals surface area contributed by atoms with E-state index in [1.54, 1.807) is 11.3 Å². The van der Waals surface area contributed by atoms with Crippen molar-refractivity contribution in [1.29, 1.82) is 0 Å². The number of carbonyl (C=O) groups is 1. The van der Waals surface area contributed by atoms with Crippen LogP contribution in [0.5, 0.6) is 0 Å². The molecule has 2 heterocycles. The van der Waals surface area contributed by atoms with E-state index in [2.05, 4.69) is 5.32 Å². The van der Waals surface area contributed by atoms with Crippen LogP contribution in [0.1, 0.15) is 25.1 Å². The molecule has 1 unspecified atom stereocenters. The Hall–Kier alpha value is -0.920. The number of sulfone groups is 1. The first-order valence-electron chi connectivity index (χ1n) is 7.13. The van der Waals surface area contributed by atoms with Crippen LogP contribution in [0.4, 0.5) is 0 Å². The van der Waals surface area contributed by atoms with Gasteiger partial charge in [-0.2, -0.15) is 0 Å². The molecule has 1 aromatic rings. The van der Waals surface area contributed by atoms with Gasteiger partial charge in [0.15, 0.2) is 9.84 Å². The van der Waals surface area contributed by atoms with Gasteiger partial charge in [0, 0.05) is 29.9 Å². The van der Waals surface area contributed by atoms with Gasteiger partial charge in [-0.1, -0.05) is 6.07 Å². The van der Waals surface area contributed by atoms with Crippen molar-refractivity contribution in [1.82, 2.24) is 10.2 Å². The van der Waals surface area contributed by atoms with Crippen molar-refractivity contribution in [2.24, 2.45) is 0 Å². The van der Waals surface area contributed by atoms with E-state index in [0.717, 1.165) is 4.88 Å². The van der Waals surface area contributed by atoms with E-state index in [9.17, 15) is 13.2 Å². The number of rotatable bonds is 5. The maximum Gasteiger partial charge on any atom is 0.224 e. The molecule has 7 heteroatoms. The van der Waals surface area contributed by atoms with Crippen molar-refractivity contribution in [3.05, 3.63) is 22.4 Å². The van der Waals surface area contributed by atoms with Gasteiger partial charge in [-0.05, 0) is 25.3 Å². The van der Waals surface area contributed by atoms with Gasteiger partial charge in [0.2, 0.25) is 5.91 Å². The second kappa shape index (κ2) is 6.89. The third kappa shape index (κ3) is 4.79. The molecule has 1 amide bonds. The molecule has 1 fully saturated rings. The molecule has 1 atom stereocenters. The molecule has 1 N–H and O–H groups in total. The van der Waals surface area contributed by atoms with Crippen LogP contribution < -0.4 is 5.32 Å². The Labute approximate surface area is 130 Å². The fourth-order valence-electron chi connectivity index (χ4n) is 2.46. The molecular weight excluding hydrogens is 308 g/mol. The summed E-state index contributed by atoms with van der Waals surface area (Å²) in [5.74, 6) is 0.234. The van der Waals surface area contributed by atoms with Crippen molar-refractivity contribution in [3.63, 3.8) is 0 Å². The Balaban J connectivity index is 1.98. The largest absolute Gasteiger partial charge is 0.335 e. The fraction of sp³-hybridized carbons (Fsp3) is 0.643. The maximum absolute atomic E-state index is 12.5. The zero-order valence-electron chi connectivity index (χ0n) is 12.4. The van der Waals surface area contributed by atoms with Crippen molar-refractivity contribution in [3.8, 4) is 0 Å². The predicted molar refractivity (Wildman–Crippen MR) is 85.1 cm³/mol. The van der Waals surface area contributed by atoms with E-state index in [-0.39, 0.29) is 35.9 Å². The van der Waals surface area contributed by atoms with E-state index in [1.807, 2.05) is 36.3 Å². The fourth-order valence-corrected chi connectivity index (χ4v) is 4.60. The summed E-state index contributed by atoms with van der Waals surface area (Å²) in [5.41, 5.74) is 0. The third-order valence-electron chi connectivity index (χ3n) is 3.57. The van der Waals surface area contributed by atoms with Crippen LogP contribution in [-0.4, -0.2) is 49.4 Å². The third-order valence-corrected chi connectivity index (χ3v) is 6.17. The van der Waals surface area contributed by atoms with Gasteiger partial charge in [-0.25, -0.2) is 8.42 Å². The van der Waals surface area contributed by atoms with E-state index in [1.165, 1.54) is 0 Å². The summed E-state index contributed by atoms with van der Waals surface area (Å²) in [6, 6.07) is 3.81. The molecule has 1 aromatic heterocycles. The van der Waals surface area contributed by atoms with Gasteiger partial charge < -0.3 is 10.2 Å². The summed E-state index contributed by atoms with van der Waals surface area (Å²) in [5, 5.41) is 5.13. The second-order valence-corrected chi connectivity index (χ2v) is 8.93. The molecule has 5 nitrogen and oxygen atoms in total. The molecule has 0 spiro atoms. The molecule has 21 heavy (non-hydrogen) atoms. The van der Waals surface area contributed by atoms with E-state index in [0.29, 0.717) is 13.1 Å². The Kier molecular flexibility index (Phi) is 5.40. The average molecular weight is 330 g/mol. The molecule has 0 aliphatic carbocycles. The zero-order valence-corrected chi connectivity index (χ0v) is 14.0. The summed E-state index contributed by atoms with van der Waals surface area (Å²) in [4.78, 5) is 15.4. The lowest BCUT2D eigenvalue weighted by Crippen LogP contribution is -2.48. The summed E-state index contributed by atoms with van der Waals surface area (Å²) in [6.45, 7) is 4.99. The Morgan fingerprint density at radius 2 is 2.29 bits per heavy atom. The number of hydrogen-bond donors (Lipinski definition) is 1. The molecule has 0 bridgehead atoms. The van der Waals surface area contributed by atoms with E-state index >= 15 is 0 Å². The molecule has 118 valence electrons. The topological polar surface area (TPSA) is 66.5 Å². The highest BCUT2D eigenvalue weighted by Gasteiger charge is 2.28. The van der Waals surface area contributed by atoms with Crippen LogP contribution in [0.25, 0.3) is 0 Å². The molecule has 1 aliphatic rings. The molecular formula is C14H22N2O3S2. The monoisotopic (exact) mass is 330 g/mol. The minimum absolute atomic E-state index is 0.00741. The van der Waals surface area contributed by atoms with Gasteiger partial charge >= 0.3 is 0 Å². The van der Waals surface area contributed by atoms with E-state index in [4.69, 9.17) is 0 Å². The quantitative estimate of drug-likeness (QED) is 0.883.